The summed E-state index contributed by atoms with van der Waals surface area (Å²) in [6.07, 6.45) is 0. The SMILES string of the molecule is CC1(C)c2ccccc2-c2c(C(c3ccc(-c4cccc5sc6ccccc6c45)cc3)c3ccc4ccccc4c3-c3ccccc3)cccc21. The Labute approximate surface area is 303 Å². The fraction of sp³-hybridized carbons (Fsp3) is 0.0800. The molecule has 10 rings (SSSR count). The van der Waals surface area contributed by atoms with Gasteiger partial charge in [-0.25, -0.2) is 0 Å². The summed E-state index contributed by atoms with van der Waals surface area (Å²) in [5.74, 6) is 0.00791. The first-order valence-electron chi connectivity index (χ1n) is 17.9. The van der Waals surface area contributed by atoms with E-state index in [2.05, 4.69) is 190 Å². The van der Waals surface area contributed by atoms with Gasteiger partial charge in [-0.3, -0.25) is 0 Å². The topological polar surface area (TPSA) is 0 Å². The molecule has 1 aromatic heterocycles. The van der Waals surface area contributed by atoms with Gasteiger partial charge in [-0.05, 0) is 84.1 Å². The van der Waals surface area contributed by atoms with Crippen molar-refractivity contribution in [1.82, 2.24) is 0 Å². The number of hydrogen-bond donors (Lipinski definition) is 0. The lowest BCUT2D eigenvalue weighted by atomic mass is 9.76. The molecule has 242 valence electrons. The van der Waals surface area contributed by atoms with Crippen LogP contribution in [0, 0.1) is 0 Å². The molecule has 1 atom stereocenters. The number of hydrogen-bond acceptors (Lipinski definition) is 1. The van der Waals surface area contributed by atoms with Crippen LogP contribution in [0.4, 0.5) is 0 Å². The Morgan fingerprint density at radius 3 is 1.94 bits per heavy atom. The molecule has 0 amide bonds. The maximum absolute atomic E-state index is 2.40. The van der Waals surface area contributed by atoms with Crippen molar-refractivity contribution in [2.75, 3.05) is 0 Å². The molecule has 51 heavy (non-hydrogen) atoms. The highest BCUT2D eigenvalue weighted by Gasteiger charge is 2.38. The molecule has 0 nitrogen and oxygen atoms in total. The molecule has 1 aliphatic carbocycles. The molecular weight excluding hydrogens is 633 g/mol. The van der Waals surface area contributed by atoms with Crippen LogP contribution in [0.1, 0.15) is 47.6 Å². The Balaban J connectivity index is 1.24. The van der Waals surface area contributed by atoms with Gasteiger partial charge in [-0.1, -0.05) is 178 Å². The average Bonchev–Trinajstić information content (AvgIpc) is 3.68. The molecule has 0 aliphatic heterocycles. The minimum absolute atomic E-state index is 0.00791. The van der Waals surface area contributed by atoms with Crippen LogP contribution in [0.3, 0.4) is 0 Å². The Kier molecular flexibility index (Phi) is 6.88. The van der Waals surface area contributed by atoms with Crippen molar-refractivity contribution >= 4 is 42.3 Å². The predicted molar refractivity (Wildman–Crippen MR) is 219 cm³/mol. The van der Waals surface area contributed by atoms with Gasteiger partial charge in [0.05, 0.1) is 0 Å². The van der Waals surface area contributed by atoms with Crippen LogP contribution in [0.25, 0.3) is 64.3 Å². The van der Waals surface area contributed by atoms with Crippen molar-refractivity contribution in [1.29, 1.82) is 0 Å². The zero-order valence-corrected chi connectivity index (χ0v) is 29.5. The van der Waals surface area contributed by atoms with E-state index in [0.717, 1.165) is 0 Å². The Morgan fingerprint density at radius 2 is 1.08 bits per heavy atom. The first-order valence-corrected chi connectivity index (χ1v) is 18.7. The lowest BCUT2D eigenvalue weighted by Gasteiger charge is -2.27. The second-order valence-electron chi connectivity index (χ2n) is 14.4. The van der Waals surface area contributed by atoms with Crippen LogP contribution in [0.5, 0.6) is 0 Å². The molecule has 9 aromatic rings. The van der Waals surface area contributed by atoms with Crippen molar-refractivity contribution < 1.29 is 0 Å². The lowest BCUT2D eigenvalue weighted by Crippen LogP contribution is -2.15. The highest BCUT2D eigenvalue weighted by Crippen LogP contribution is 2.54. The fourth-order valence-corrected chi connectivity index (χ4v) is 10.0. The number of benzene rings is 8. The Hall–Kier alpha value is -5.76. The van der Waals surface area contributed by atoms with Crippen LogP contribution < -0.4 is 0 Å². The standard InChI is InChI=1S/C50H36S/c1-50(2)42-22-10-8-18-38(42)48-40(21-12-23-43(48)50)47(41-31-30-32-14-6-7-17-36(32)46(41)34-15-4-3-5-16-34)35-28-26-33(27-29-35)37-20-13-25-45-49(37)39-19-9-11-24-44(39)51-45/h3-31,47H,1-2H3. The van der Waals surface area contributed by atoms with Crippen LogP contribution in [0.2, 0.25) is 0 Å². The van der Waals surface area contributed by atoms with Gasteiger partial charge in [0, 0.05) is 31.5 Å². The molecule has 1 heteroatoms. The van der Waals surface area contributed by atoms with Gasteiger partial charge < -0.3 is 0 Å². The predicted octanol–water partition coefficient (Wildman–Crippen LogP) is 14.0. The second kappa shape index (κ2) is 11.7. The summed E-state index contributed by atoms with van der Waals surface area (Å²) in [5, 5.41) is 5.23. The quantitative estimate of drug-likeness (QED) is 0.160. The van der Waals surface area contributed by atoms with Crippen LogP contribution in [-0.4, -0.2) is 0 Å². The smallest absolute Gasteiger partial charge is 0.0361 e. The van der Waals surface area contributed by atoms with Crippen molar-refractivity contribution in [2.45, 2.75) is 25.2 Å². The van der Waals surface area contributed by atoms with Gasteiger partial charge in [0.15, 0.2) is 0 Å². The summed E-state index contributed by atoms with van der Waals surface area (Å²) in [7, 11) is 0. The largest absolute Gasteiger partial charge is 0.135 e. The van der Waals surface area contributed by atoms with Crippen molar-refractivity contribution in [3.63, 3.8) is 0 Å². The van der Waals surface area contributed by atoms with Crippen LogP contribution >= 0.6 is 11.3 Å². The van der Waals surface area contributed by atoms with Gasteiger partial charge in [-0.2, -0.15) is 0 Å². The van der Waals surface area contributed by atoms with Gasteiger partial charge in [0.1, 0.15) is 0 Å². The molecule has 0 N–H and O–H groups in total. The molecule has 0 spiro atoms. The van der Waals surface area contributed by atoms with Gasteiger partial charge in [0.25, 0.3) is 0 Å². The van der Waals surface area contributed by atoms with E-state index in [9.17, 15) is 0 Å². The molecule has 0 fully saturated rings. The zero-order chi connectivity index (χ0) is 34.1. The summed E-state index contributed by atoms with van der Waals surface area (Å²) in [5.41, 5.74) is 14.5. The van der Waals surface area contributed by atoms with Gasteiger partial charge in [0.2, 0.25) is 0 Å². The number of rotatable bonds is 5. The Bertz CT molecular complexity index is 2760. The van der Waals surface area contributed by atoms with Crippen molar-refractivity contribution in [2.24, 2.45) is 0 Å². The van der Waals surface area contributed by atoms with Gasteiger partial charge in [-0.15, -0.1) is 11.3 Å². The molecule has 0 radical (unpaired) electrons. The molecule has 1 aliphatic rings. The minimum atomic E-state index is -0.0794. The summed E-state index contributed by atoms with van der Waals surface area (Å²) < 4.78 is 2.67. The normalized spacial score (nSPS) is 13.8. The van der Waals surface area contributed by atoms with E-state index in [1.54, 1.807) is 0 Å². The van der Waals surface area contributed by atoms with E-state index in [1.807, 2.05) is 11.3 Å². The summed E-state index contributed by atoms with van der Waals surface area (Å²) >= 11 is 1.88. The summed E-state index contributed by atoms with van der Waals surface area (Å²) in [6, 6.07) is 65.7. The number of fused-ring (bicyclic) bond motifs is 7. The maximum Gasteiger partial charge on any atom is 0.0361 e. The summed E-state index contributed by atoms with van der Waals surface area (Å²) in [6.45, 7) is 4.76. The van der Waals surface area contributed by atoms with E-state index in [4.69, 9.17) is 0 Å². The Morgan fingerprint density at radius 1 is 0.431 bits per heavy atom. The third kappa shape index (κ3) is 4.65. The van der Waals surface area contributed by atoms with Crippen LogP contribution in [0.15, 0.2) is 176 Å². The third-order valence-corrected chi connectivity index (χ3v) is 12.4. The van der Waals surface area contributed by atoms with E-state index < -0.39 is 0 Å². The molecule has 0 saturated carbocycles. The van der Waals surface area contributed by atoms with Crippen LogP contribution in [-0.2, 0) is 5.41 Å². The first-order chi connectivity index (χ1) is 25.1. The zero-order valence-electron chi connectivity index (χ0n) is 28.7. The molecule has 0 saturated heterocycles. The first kappa shape index (κ1) is 30.1. The maximum atomic E-state index is 2.40. The average molecular weight is 669 g/mol. The minimum Gasteiger partial charge on any atom is -0.135 e. The summed E-state index contributed by atoms with van der Waals surface area (Å²) in [4.78, 5) is 0. The molecule has 1 heterocycles. The fourth-order valence-electron chi connectivity index (χ4n) is 8.88. The lowest BCUT2D eigenvalue weighted by molar-refractivity contribution is 0.659. The van der Waals surface area contributed by atoms with E-state index in [-0.39, 0.29) is 11.3 Å². The highest BCUT2D eigenvalue weighted by atomic mass is 32.1. The van der Waals surface area contributed by atoms with Crippen molar-refractivity contribution in [3.8, 4) is 33.4 Å². The third-order valence-electron chi connectivity index (χ3n) is 11.2. The molecule has 0 bridgehead atoms. The monoisotopic (exact) mass is 668 g/mol. The van der Waals surface area contributed by atoms with Gasteiger partial charge >= 0.3 is 0 Å². The molecule has 8 aromatic carbocycles. The van der Waals surface area contributed by atoms with E-state index in [0.29, 0.717) is 0 Å². The van der Waals surface area contributed by atoms with Crippen molar-refractivity contribution in [3.05, 3.63) is 204 Å². The molecule has 1 unspecified atom stereocenters. The van der Waals surface area contributed by atoms with E-state index in [1.165, 1.54) is 92.1 Å². The highest BCUT2D eigenvalue weighted by molar-refractivity contribution is 7.25. The molecular formula is C50H36S. The second-order valence-corrected chi connectivity index (χ2v) is 15.5. The number of thiophene rings is 1. The van der Waals surface area contributed by atoms with E-state index >= 15 is 0 Å².